The molecular weight excluding hydrogens is 508 g/mol. The van der Waals surface area contributed by atoms with Gasteiger partial charge >= 0.3 is 0 Å². The maximum absolute atomic E-state index is 11.6. The molecule has 0 bridgehead atoms. The summed E-state index contributed by atoms with van der Waals surface area (Å²) < 4.78 is 53.6. The van der Waals surface area contributed by atoms with Crippen molar-refractivity contribution in [2.75, 3.05) is 6.61 Å². The minimum atomic E-state index is -3.88. The lowest BCUT2D eigenvalue weighted by Crippen LogP contribution is -2.17. The summed E-state index contributed by atoms with van der Waals surface area (Å²) in [5, 5.41) is 18.3. The second-order valence-electron chi connectivity index (χ2n) is 6.83. The zero-order chi connectivity index (χ0) is 25.3. The minimum absolute atomic E-state index is 0.0819. The monoisotopic (exact) mass is 530 g/mol. The van der Waals surface area contributed by atoms with Gasteiger partial charge in [-0.05, 0) is 38.0 Å². The Kier molecular flexibility index (Phi) is 7.42. The van der Waals surface area contributed by atoms with E-state index in [1.807, 2.05) is 6.92 Å². The number of hydrogen-bond acceptors (Lipinski definition) is 9. The molecule has 16 heteroatoms. The van der Waals surface area contributed by atoms with Gasteiger partial charge in [-0.1, -0.05) is 25.4 Å². The number of hydrogen-bond donors (Lipinski definition) is 2. The van der Waals surface area contributed by atoms with Gasteiger partial charge in [0.15, 0.2) is 21.3 Å². The highest BCUT2D eigenvalue weighted by molar-refractivity contribution is 7.89. The lowest BCUT2D eigenvalue weighted by Gasteiger charge is -2.03. The van der Waals surface area contributed by atoms with Crippen molar-refractivity contribution in [2.45, 2.75) is 43.7 Å². The average Bonchev–Trinajstić information content (AvgIpc) is 3.31. The highest BCUT2D eigenvalue weighted by atomic mass is 35.5. The summed E-state index contributed by atoms with van der Waals surface area (Å²) in [6.45, 7) is 5.86. The van der Waals surface area contributed by atoms with Crippen LogP contribution in [-0.2, 0) is 32.9 Å². The Morgan fingerprint density at radius 3 is 1.74 bits per heavy atom. The molecule has 0 fully saturated rings. The Hall–Kier alpha value is -2.85. The predicted octanol–water partition coefficient (Wildman–Crippen LogP) is 0.930. The van der Waals surface area contributed by atoms with E-state index in [1.165, 1.54) is 10.6 Å². The lowest BCUT2D eigenvalue weighted by atomic mass is 10.4. The zero-order valence-corrected chi connectivity index (χ0v) is 20.9. The van der Waals surface area contributed by atoms with Crippen molar-refractivity contribution in [3.05, 3.63) is 40.8 Å². The number of fused-ring (bicyclic) bond motifs is 2. The molecule has 0 amide bonds. The van der Waals surface area contributed by atoms with Gasteiger partial charge in [-0.15, -0.1) is 5.10 Å². The van der Waals surface area contributed by atoms with Gasteiger partial charge in [-0.2, -0.15) is 14.1 Å². The van der Waals surface area contributed by atoms with Crippen molar-refractivity contribution in [2.24, 2.45) is 10.3 Å². The molecule has 0 radical (unpaired) electrons. The van der Waals surface area contributed by atoms with Gasteiger partial charge in [0, 0.05) is 6.07 Å². The molecule has 34 heavy (non-hydrogen) atoms. The van der Waals surface area contributed by atoms with Gasteiger partial charge in [0.25, 0.3) is 20.0 Å². The molecule has 0 unspecified atom stereocenters. The highest BCUT2D eigenvalue weighted by Crippen LogP contribution is 2.19. The van der Waals surface area contributed by atoms with E-state index < -0.39 is 20.0 Å². The molecule has 0 aliphatic heterocycles. The molecular formula is C18H23ClN8O5S2. The molecule has 4 N–H and O–H groups in total. The predicted molar refractivity (Wildman–Crippen MR) is 124 cm³/mol. The number of primary sulfonamides is 2. The number of aryl methyl sites for hydroxylation is 2. The van der Waals surface area contributed by atoms with Crippen LogP contribution < -0.4 is 15.0 Å². The molecule has 0 aliphatic rings. The first-order valence-electron chi connectivity index (χ1n) is 10.0. The van der Waals surface area contributed by atoms with Crippen molar-refractivity contribution in [1.29, 1.82) is 0 Å². The molecule has 0 aromatic carbocycles. The molecule has 0 atom stereocenters. The number of nitrogens with zero attached hydrogens (tertiary/aromatic N) is 6. The van der Waals surface area contributed by atoms with Crippen molar-refractivity contribution in [3.63, 3.8) is 0 Å². The van der Waals surface area contributed by atoms with E-state index in [2.05, 4.69) is 20.2 Å². The Labute approximate surface area is 200 Å². The van der Waals surface area contributed by atoms with E-state index >= 15 is 0 Å². The Balaban J connectivity index is 0.000000192. The third kappa shape index (κ3) is 5.28. The molecule has 4 heterocycles. The molecule has 0 saturated heterocycles. The van der Waals surface area contributed by atoms with Gasteiger partial charge in [0.2, 0.25) is 5.88 Å². The van der Waals surface area contributed by atoms with Crippen molar-refractivity contribution >= 4 is 42.9 Å². The van der Waals surface area contributed by atoms with Crippen molar-refractivity contribution in [1.82, 2.24) is 29.2 Å². The summed E-state index contributed by atoms with van der Waals surface area (Å²) in [4.78, 5) is 8.31. The fourth-order valence-corrected chi connectivity index (χ4v) is 5.06. The summed E-state index contributed by atoms with van der Waals surface area (Å²) in [5.41, 5.74) is 1.63. The Morgan fingerprint density at radius 1 is 0.824 bits per heavy atom. The number of imidazole rings is 2. The number of sulfonamides is 2. The largest absolute Gasteiger partial charge is 0.477 e. The van der Waals surface area contributed by atoms with Crippen LogP contribution in [-0.4, -0.2) is 52.6 Å². The van der Waals surface area contributed by atoms with Crippen LogP contribution in [0.2, 0.25) is 5.15 Å². The van der Waals surface area contributed by atoms with Crippen LogP contribution in [0.15, 0.2) is 34.3 Å². The van der Waals surface area contributed by atoms with E-state index in [-0.39, 0.29) is 15.2 Å². The molecule has 4 aromatic heterocycles. The van der Waals surface area contributed by atoms with Crippen LogP contribution in [0.25, 0.3) is 11.3 Å². The highest BCUT2D eigenvalue weighted by Gasteiger charge is 2.23. The van der Waals surface area contributed by atoms with Crippen molar-refractivity contribution < 1.29 is 21.6 Å². The standard InChI is InChI=1S/C10H14N4O3S.C8H9ClN4O2S/c1-3-7-10(18(11,15)16)14-8(12-7)5-6-9(13-14)17-4-2;1-2-5-8(16(10,14)15)13-7(11-5)4-3-6(9)12-13/h5-6H,3-4H2,1-2H3,(H2,11,15,16);3-4H,2H2,1H3,(H2,10,14,15). The van der Waals surface area contributed by atoms with Crippen LogP contribution in [0.5, 0.6) is 5.88 Å². The normalized spacial score (nSPS) is 12.1. The van der Waals surface area contributed by atoms with Crippen LogP contribution in [0.4, 0.5) is 0 Å². The Morgan fingerprint density at radius 2 is 1.29 bits per heavy atom. The van der Waals surface area contributed by atoms with Gasteiger partial charge in [0.05, 0.1) is 18.0 Å². The minimum Gasteiger partial charge on any atom is -0.477 e. The first-order valence-corrected chi connectivity index (χ1v) is 13.5. The van der Waals surface area contributed by atoms with Gasteiger partial charge in [-0.25, -0.2) is 37.1 Å². The Bertz CT molecular complexity index is 1560. The van der Waals surface area contributed by atoms with Crippen LogP contribution in [0, 0.1) is 0 Å². The maximum Gasteiger partial charge on any atom is 0.257 e. The summed E-state index contributed by atoms with van der Waals surface area (Å²) in [7, 11) is -7.74. The number of aromatic nitrogens is 6. The first kappa shape index (κ1) is 25.8. The third-order valence-electron chi connectivity index (χ3n) is 4.45. The molecule has 0 spiro atoms. The molecule has 13 nitrogen and oxygen atoms in total. The van der Waals surface area contributed by atoms with Crippen LogP contribution in [0.3, 0.4) is 0 Å². The topological polar surface area (TPSA) is 190 Å². The molecule has 4 rings (SSSR count). The number of halogens is 1. The molecule has 184 valence electrons. The molecule has 0 saturated carbocycles. The van der Waals surface area contributed by atoms with E-state index in [0.29, 0.717) is 48.0 Å². The summed E-state index contributed by atoms with van der Waals surface area (Å²) in [6, 6.07) is 6.41. The SMILES string of the molecule is CCOc1ccc2nc(CC)c(S(N)(=O)=O)n2n1.CCc1nc2ccc(Cl)nn2c1S(N)(=O)=O. The van der Waals surface area contributed by atoms with E-state index in [4.69, 9.17) is 26.6 Å². The smallest absolute Gasteiger partial charge is 0.257 e. The van der Waals surface area contributed by atoms with E-state index in [1.54, 1.807) is 32.0 Å². The molecule has 0 aliphatic carbocycles. The van der Waals surface area contributed by atoms with Gasteiger partial charge < -0.3 is 4.74 Å². The maximum atomic E-state index is 11.6. The summed E-state index contributed by atoms with van der Waals surface area (Å²) in [6.07, 6.45) is 0.909. The number of rotatable bonds is 6. The second-order valence-corrected chi connectivity index (χ2v) is 10.2. The van der Waals surface area contributed by atoms with Crippen molar-refractivity contribution in [3.8, 4) is 5.88 Å². The quantitative estimate of drug-likeness (QED) is 0.365. The summed E-state index contributed by atoms with van der Waals surface area (Å²) in [5.74, 6) is 0.329. The van der Waals surface area contributed by atoms with Crippen LogP contribution in [0.1, 0.15) is 32.2 Å². The third-order valence-corrected chi connectivity index (χ3v) is 6.55. The first-order chi connectivity index (χ1) is 15.9. The lowest BCUT2D eigenvalue weighted by molar-refractivity contribution is 0.320. The van der Waals surface area contributed by atoms with Gasteiger partial charge in [-0.3, -0.25) is 0 Å². The second kappa shape index (κ2) is 9.79. The molecule has 4 aromatic rings. The van der Waals surface area contributed by atoms with E-state index in [9.17, 15) is 16.8 Å². The number of ether oxygens (including phenoxy) is 1. The average molecular weight is 531 g/mol. The van der Waals surface area contributed by atoms with Crippen LogP contribution >= 0.6 is 11.6 Å². The fraction of sp³-hybridized carbons (Fsp3) is 0.333. The zero-order valence-electron chi connectivity index (χ0n) is 18.5. The van der Waals surface area contributed by atoms with E-state index in [0.717, 1.165) is 4.52 Å². The van der Waals surface area contributed by atoms with Gasteiger partial charge in [0.1, 0.15) is 5.15 Å². The number of nitrogens with two attached hydrogens (primary N) is 2. The fourth-order valence-electron chi connectivity index (χ4n) is 3.13. The summed E-state index contributed by atoms with van der Waals surface area (Å²) >= 11 is 5.70.